The molecule has 1 atom stereocenters. The van der Waals surface area contributed by atoms with Crippen molar-refractivity contribution in [3.63, 3.8) is 0 Å². The highest BCUT2D eigenvalue weighted by molar-refractivity contribution is 5.79. The molecule has 0 heterocycles. The number of amides is 1. The molecule has 0 radical (unpaired) electrons. The van der Waals surface area contributed by atoms with E-state index in [0.717, 1.165) is 0 Å². The van der Waals surface area contributed by atoms with Gasteiger partial charge in [-0.3, -0.25) is 14.9 Å². The van der Waals surface area contributed by atoms with Crippen LogP contribution in [0.15, 0.2) is 24.3 Å². The summed E-state index contributed by atoms with van der Waals surface area (Å²) in [6.07, 6.45) is -0.347. The van der Waals surface area contributed by atoms with Crippen molar-refractivity contribution in [3.05, 3.63) is 34.4 Å². The molecule has 0 fully saturated rings. The molecule has 0 saturated carbocycles. The van der Waals surface area contributed by atoms with Gasteiger partial charge in [0, 0.05) is 6.07 Å². The van der Waals surface area contributed by atoms with E-state index in [1.165, 1.54) is 18.2 Å². The zero-order chi connectivity index (χ0) is 12.1. The highest BCUT2D eigenvalue weighted by Gasteiger charge is 2.15. The number of benzene rings is 1. The van der Waals surface area contributed by atoms with Crippen molar-refractivity contribution in [1.29, 1.82) is 0 Å². The molecule has 0 saturated heterocycles. The van der Waals surface area contributed by atoms with Crippen LogP contribution < -0.4 is 10.5 Å². The average molecular weight is 224 g/mol. The Morgan fingerprint density at radius 1 is 1.62 bits per heavy atom. The molecular formula is C10H12N2O4. The maximum atomic E-state index is 10.9. The van der Waals surface area contributed by atoms with E-state index in [9.17, 15) is 14.9 Å². The van der Waals surface area contributed by atoms with E-state index in [0.29, 0.717) is 6.42 Å². The van der Waals surface area contributed by atoms with Crippen LogP contribution in [0.5, 0.6) is 5.75 Å². The second-order valence-corrected chi connectivity index (χ2v) is 3.17. The summed E-state index contributed by atoms with van der Waals surface area (Å²) in [5, 5.41) is 10.5. The summed E-state index contributed by atoms with van der Waals surface area (Å²) in [6, 6.07) is 5.63. The molecule has 6 nitrogen and oxygen atoms in total. The second-order valence-electron chi connectivity index (χ2n) is 3.17. The van der Waals surface area contributed by atoms with Crippen LogP contribution in [0, 0.1) is 10.1 Å². The van der Waals surface area contributed by atoms with Gasteiger partial charge in [-0.05, 0) is 12.5 Å². The van der Waals surface area contributed by atoms with Crippen LogP contribution in [0.1, 0.15) is 13.3 Å². The number of primary amides is 1. The van der Waals surface area contributed by atoms with Crippen LogP contribution in [0.2, 0.25) is 0 Å². The average Bonchev–Trinajstić information content (AvgIpc) is 2.25. The largest absolute Gasteiger partial charge is 0.480 e. The summed E-state index contributed by atoms with van der Waals surface area (Å²) < 4.78 is 5.24. The van der Waals surface area contributed by atoms with Crippen molar-refractivity contribution in [1.82, 2.24) is 0 Å². The number of hydrogen-bond donors (Lipinski definition) is 1. The fourth-order valence-corrected chi connectivity index (χ4v) is 1.18. The minimum absolute atomic E-state index is 0.0863. The molecule has 6 heteroatoms. The van der Waals surface area contributed by atoms with Gasteiger partial charge < -0.3 is 10.5 Å². The van der Waals surface area contributed by atoms with Gasteiger partial charge in [-0.25, -0.2) is 0 Å². The lowest BCUT2D eigenvalue weighted by molar-refractivity contribution is -0.384. The van der Waals surface area contributed by atoms with Crippen LogP contribution >= 0.6 is 0 Å². The molecule has 1 amide bonds. The number of nitro benzene ring substituents is 1. The SMILES string of the molecule is CCC(Oc1cccc([N+](=O)[O-])c1)C(N)=O. The number of non-ortho nitro benzene ring substituents is 1. The summed E-state index contributed by atoms with van der Waals surface area (Å²) in [6.45, 7) is 1.74. The summed E-state index contributed by atoms with van der Waals surface area (Å²) in [5.74, 6) is -0.325. The molecule has 0 aromatic heterocycles. The van der Waals surface area contributed by atoms with Gasteiger partial charge in [-0.1, -0.05) is 13.0 Å². The zero-order valence-electron chi connectivity index (χ0n) is 8.75. The Balaban J connectivity index is 2.84. The Labute approximate surface area is 92.2 Å². The molecular weight excluding hydrogens is 212 g/mol. The Kier molecular flexibility index (Phi) is 3.82. The summed E-state index contributed by atoms with van der Waals surface area (Å²) in [5.41, 5.74) is 5.01. The first-order valence-electron chi connectivity index (χ1n) is 4.75. The monoisotopic (exact) mass is 224 g/mol. The molecule has 0 spiro atoms. The highest BCUT2D eigenvalue weighted by atomic mass is 16.6. The molecule has 1 aromatic rings. The topological polar surface area (TPSA) is 95.5 Å². The normalized spacial score (nSPS) is 11.8. The highest BCUT2D eigenvalue weighted by Crippen LogP contribution is 2.20. The number of rotatable bonds is 5. The van der Waals surface area contributed by atoms with Crippen molar-refractivity contribution in [3.8, 4) is 5.75 Å². The predicted octanol–water partition coefficient (Wildman–Crippen LogP) is 1.24. The standard InChI is InChI=1S/C10H12N2O4/c1-2-9(10(11)13)16-8-5-3-4-7(6-8)12(14)15/h3-6,9H,2H2,1H3,(H2,11,13). The minimum Gasteiger partial charge on any atom is -0.480 e. The van der Waals surface area contributed by atoms with Gasteiger partial charge in [0.05, 0.1) is 11.0 Å². The number of ether oxygens (including phenoxy) is 1. The Bertz CT molecular complexity index is 406. The van der Waals surface area contributed by atoms with E-state index in [1.807, 2.05) is 0 Å². The van der Waals surface area contributed by atoms with E-state index < -0.39 is 16.9 Å². The number of nitrogens with zero attached hydrogens (tertiary/aromatic N) is 1. The summed E-state index contributed by atoms with van der Waals surface area (Å²) >= 11 is 0. The predicted molar refractivity (Wildman–Crippen MR) is 57.0 cm³/mol. The lowest BCUT2D eigenvalue weighted by Gasteiger charge is -2.13. The van der Waals surface area contributed by atoms with E-state index in [4.69, 9.17) is 10.5 Å². The molecule has 1 rings (SSSR count). The number of carbonyl (C=O) groups is 1. The maximum absolute atomic E-state index is 10.9. The number of hydrogen-bond acceptors (Lipinski definition) is 4. The van der Waals surface area contributed by atoms with Crippen molar-refractivity contribution in [2.45, 2.75) is 19.4 Å². The minimum atomic E-state index is -0.762. The van der Waals surface area contributed by atoms with E-state index >= 15 is 0 Å². The molecule has 86 valence electrons. The van der Waals surface area contributed by atoms with Gasteiger partial charge >= 0.3 is 0 Å². The fraction of sp³-hybridized carbons (Fsp3) is 0.300. The molecule has 0 aliphatic rings. The number of nitro groups is 1. The molecule has 2 N–H and O–H groups in total. The third kappa shape index (κ3) is 2.94. The van der Waals surface area contributed by atoms with Gasteiger partial charge in [0.1, 0.15) is 5.75 Å². The third-order valence-corrected chi connectivity index (χ3v) is 1.99. The van der Waals surface area contributed by atoms with Crippen molar-refractivity contribution in [2.24, 2.45) is 5.73 Å². The lowest BCUT2D eigenvalue weighted by atomic mass is 10.2. The van der Waals surface area contributed by atoms with Crippen LogP contribution in [-0.2, 0) is 4.79 Å². The van der Waals surface area contributed by atoms with Crippen molar-refractivity contribution >= 4 is 11.6 Å². The van der Waals surface area contributed by atoms with Crippen LogP contribution in [0.3, 0.4) is 0 Å². The van der Waals surface area contributed by atoms with E-state index in [2.05, 4.69) is 0 Å². The Hall–Kier alpha value is -2.11. The van der Waals surface area contributed by atoms with Crippen LogP contribution in [-0.4, -0.2) is 16.9 Å². The van der Waals surface area contributed by atoms with E-state index in [-0.39, 0.29) is 11.4 Å². The van der Waals surface area contributed by atoms with Crippen LogP contribution in [0.4, 0.5) is 5.69 Å². The zero-order valence-corrected chi connectivity index (χ0v) is 8.75. The number of nitrogens with two attached hydrogens (primary N) is 1. The Morgan fingerprint density at radius 2 is 2.31 bits per heavy atom. The second kappa shape index (κ2) is 5.11. The van der Waals surface area contributed by atoms with Gasteiger partial charge in [0.25, 0.3) is 11.6 Å². The third-order valence-electron chi connectivity index (χ3n) is 1.99. The van der Waals surface area contributed by atoms with Gasteiger partial charge in [0.15, 0.2) is 6.10 Å². The summed E-state index contributed by atoms with van der Waals surface area (Å²) in [4.78, 5) is 20.9. The molecule has 16 heavy (non-hydrogen) atoms. The first-order valence-corrected chi connectivity index (χ1v) is 4.75. The lowest BCUT2D eigenvalue weighted by Crippen LogP contribution is -2.32. The fourth-order valence-electron chi connectivity index (χ4n) is 1.18. The van der Waals surface area contributed by atoms with E-state index in [1.54, 1.807) is 13.0 Å². The Morgan fingerprint density at radius 3 is 2.81 bits per heavy atom. The van der Waals surface area contributed by atoms with Crippen molar-refractivity contribution < 1.29 is 14.5 Å². The van der Waals surface area contributed by atoms with Crippen LogP contribution in [0.25, 0.3) is 0 Å². The molecule has 1 aromatic carbocycles. The van der Waals surface area contributed by atoms with Gasteiger partial charge in [-0.2, -0.15) is 0 Å². The first-order chi connectivity index (χ1) is 7.54. The number of carbonyl (C=O) groups excluding carboxylic acids is 1. The van der Waals surface area contributed by atoms with Gasteiger partial charge in [-0.15, -0.1) is 0 Å². The summed E-state index contributed by atoms with van der Waals surface area (Å²) in [7, 11) is 0. The molecule has 1 unspecified atom stereocenters. The molecule has 0 bridgehead atoms. The smallest absolute Gasteiger partial charge is 0.273 e. The molecule has 0 aliphatic carbocycles. The molecule has 0 aliphatic heterocycles. The van der Waals surface area contributed by atoms with Gasteiger partial charge in [0.2, 0.25) is 0 Å². The first kappa shape index (κ1) is 12.0. The quantitative estimate of drug-likeness (QED) is 0.601. The maximum Gasteiger partial charge on any atom is 0.273 e. The van der Waals surface area contributed by atoms with Crippen molar-refractivity contribution in [2.75, 3.05) is 0 Å².